The molecule has 47 heavy (non-hydrogen) atoms. The van der Waals surface area contributed by atoms with E-state index in [0.29, 0.717) is 45.8 Å². The number of hydrogen-bond donors (Lipinski definition) is 2. The fourth-order valence-electron chi connectivity index (χ4n) is 5.40. The van der Waals surface area contributed by atoms with E-state index in [-0.39, 0.29) is 24.8 Å². The fraction of sp³-hybridized carbons (Fsp3) is 0.200. The summed E-state index contributed by atoms with van der Waals surface area (Å²) >= 11 is 13.6. The summed E-state index contributed by atoms with van der Waals surface area (Å²) in [7, 11) is 0. The summed E-state index contributed by atoms with van der Waals surface area (Å²) < 4.78 is 13.8. The van der Waals surface area contributed by atoms with Crippen molar-refractivity contribution in [2.45, 2.75) is 20.1 Å². The first-order valence-electron chi connectivity index (χ1n) is 14.9. The van der Waals surface area contributed by atoms with Crippen molar-refractivity contribution < 1.29 is 24.2 Å². The van der Waals surface area contributed by atoms with Gasteiger partial charge in [-0.05, 0) is 61.0 Å². The summed E-state index contributed by atoms with van der Waals surface area (Å²) in [6.07, 6.45) is 6.18. The van der Waals surface area contributed by atoms with Gasteiger partial charge >= 0.3 is 5.97 Å². The molecule has 0 radical (unpaired) electrons. The van der Waals surface area contributed by atoms with Crippen LogP contribution in [-0.2, 0) is 22.7 Å². The number of carboxylic acids is 1. The molecule has 0 saturated carbocycles. The molecule has 3 aromatic heterocycles. The Hall–Kier alpha value is -4.90. The molecule has 2 aromatic carbocycles. The second-order valence-corrected chi connectivity index (χ2v) is 11.7. The number of aryl methyl sites for hydroxylation is 1. The molecule has 0 unspecified atom stereocenters. The number of carboxylic acid groups (broad SMARTS) is 1. The minimum absolute atomic E-state index is 0.0679. The van der Waals surface area contributed by atoms with Crippen LogP contribution in [0.15, 0.2) is 79.1 Å². The highest BCUT2D eigenvalue weighted by atomic mass is 35.5. The van der Waals surface area contributed by atoms with Crippen molar-refractivity contribution >= 4 is 57.7 Å². The van der Waals surface area contributed by atoms with Crippen LogP contribution in [0.4, 0.5) is 5.69 Å². The van der Waals surface area contributed by atoms with E-state index in [1.165, 1.54) is 18.3 Å². The Balaban J connectivity index is 1.18. The van der Waals surface area contributed by atoms with Gasteiger partial charge in [0, 0.05) is 64.6 Å². The van der Waals surface area contributed by atoms with Gasteiger partial charge in [0.25, 0.3) is 0 Å². The van der Waals surface area contributed by atoms with Crippen LogP contribution in [0.5, 0.6) is 5.75 Å². The summed E-state index contributed by atoms with van der Waals surface area (Å²) in [6.45, 7) is 5.31. The van der Waals surface area contributed by atoms with Gasteiger partial charge < -0.3 is 29.4 Å². The third kappa shape index (κ3) is 7.25. The maximum atomic E-state index is 12.6. The minimum Gasteiger partial charge on any atom is -0.487 e. The Kier molecular flexibility index (Phi) is 9.72. The van der Waals surface area contributed by atoms with Crippen LogP contribution >= 0.6 is 23.2 Å². The third-order valence-corrected chi connectivity index (χ3v) is 8.54. The fourth-order valence-corrected chi connectivity index (χ4v) is 5.97. The number of hydrogen-bond acceptors (Lipinski definition) is 7. The number of ether oxygens (including phenoxy) is 2. The number of carbonyl (C=O) groups is 2. The number of amides is 1. The summed E-state index contributed by atoms with van der Waals surface area (Å²) in [4.78, 5) is 34.5. The molecule has 0 bridgehead atoms. The predicted molar refractivity (Wildman–Crippen MR) is 182 cm³/mol. The lowest BCUT2D eigenvalue weighted by atomic mass is 10.1. The zero-order valence-electron chi connectivity index (χ0n) is 25.5. The molecular formula is C35H31Cl2N5O5. The molecule has 4 heterocycles. The maximum absolute atomic E-state index is 12.6. The lowest BCUT2D eigenvalue weighted by Gasteiger charge is -2.30. The lowest BCUT2D eigenvalue weighted by Crippen LogP contribution is -2.36. The molecule has 1 amide bonds. The monoisotopic (exact) mass is 671 g/mol. The normalized spacial score (nSPS) is 13.3. The number of para-hydroxylation sites is 1. The number of aromatic nitrogens is 3. The highest BCUT2D eigenvalue weighted by molar-refractivity contribution is 6.37. The van der Waals surface area contributed by atoms with E-state index in [9.17, 15) is 9.59 Å². The number of rotatable bonds is 10. The molecule has 1 aliphatic rings. The lowest BCUT2D eigenvalue weighted by molar-refractivity contribution is -0.116. The Labute approximate surface area is 281 Å². The zero-order valence-corrected chi connectivity index (χ0v) is 27.0. The van der Waals surface area contributed by atoms with Crippen molar-refractivity contribution in [1.82, 2.24) is 19.9 Å². The molecule has 1 aliphatic heterocycles. The van der Waals surface area contributed by atoms with E-state index in [4.69, 9.17) is 42.8 Å². The molecule has 2 N–H and O–H groups in total. The van der Waals surface area contributed by atoms with E-state index >= 15 is 0 Å². The highest BCUT2D eigenvalue weighted by Crippen LogP contribution is 2.36. The van der Waals surface area contributed by atoms with Crippen molar-refractivity contribution in [3.63, 3.8) is 0 Å². The average Bonchev–Trinajstić information content (AvgIpc) is 3.55. The predicted octanol–water partition coefficient (Wildman–Crippen LogP) is 6.48. The number of fused-ring (bicyclic) bond motifs is 1. The first-order chi connectivity index (χ1) is 22.8. The van der Waals surface area contributed by atoms with Crippen LogP contribution < -0.4 is 15.0 Å². The highest BCUT2D eigenvalue weighted by Gasteiger charge is 2.19. The van der Waals surface area contributed by atoms with E-state index < -0.39 is 5.97 Å². The largest absolute Gasteiger partial charge is 0.487 e. The Bertz CT molecular complexity index is 1970. The van der Waals surface area contributed by atoms with Gasteiger partial charge in [-0.15, -0.1) is 0 Å². The second kappa shape index (κ2) is 14.3. The van der Waals surface area contributed by atoms with Gasteiger partial charge in [0.15, 0.2) is 0 Å². The van der Waals surface area contributed by atoms with Crippen molar-refractivity contribution in [3.8, 4) is 11.4 Å². The van der Waals surface area contributed by atoms with Gasteiger partial charge in [0.1, 0.15) is 23.6 Å². The first-order valence-corrected chi connectivity index (χ1v) is 15.7. The SMILES string of the molecule is Cc1cc(N2CCOCC2)c2cccc(OCc3c(Cl)ccc(-n4cccc4CNC(=O)C=Cc4ccc(C(=O)O)nc4)c3Cl)c2n1. The number of benzene rings is 2. The van der Waals surface area contributed by atoms with Crippen LogP contribution in [0.2, 0.25) is 10.0 Å². The van der Waals surface area contributed by atoms with E-state index in [0.717, 1.165) is 41.1 Å². The maximum Gasteiger partial charge on any atom is 0.354 e. The zero-order chi connectivity index (χ0) is 32.9. The number of morpholine rings is 1. The average molecular weight is 673 g/mol. The van der Waals surface area contributed by atoms with Gasteiger partial charge in [-0.25, -0.2) is 14.8 Å². The summed E-state index contributed by atoms with van der Waals surface area (Å²) in [5.41, 5.74) is 5.40. The number of nitrogens with one attached hydrogen (secondary N) is 1. The third-order valence-electron chi connectivity index (χ3n) is 7.77. The molecule has 1 saturated heterocycles. The molecule has 5 aromatic rings. The molecular weight excluding hydrogens is 641 g/mol. The summed E-state index contributed by atoms with van der Waals surface area (Å²) in [6, 6.07) is 18.3. The van der Waals surface area contributed by atoms with Crippen LogP contribution in [-0.4, -0.2) is 57.8 Å². The van der Waals surface area contributed by atoms with Gasteiger partial charge in [0.2, 0.25) is 5.91 Å². The van der Waals surface area contributed by atoms with Gasteiger partial charge in [-0.3, -0.25) is 4.79 Å². The minimum atomic E-state index is -1.11. The number of pyridine rings is 2. The molecule has 240 valence electrons. The number of anilines is 1. The van der Waals surface area contributed by atoms with Crippen molar-refractivity contribution in [1.29, 1.82) is 0 Å². The van der Waals surface area contributed by atoms with Gasteiger partial charge in [-0.2, -0.15) is 0 Å². The van der Waals surface area contributed by atoms with Gasteiger partial charge in [-0.1, -0.05) is 41.4 Å². The van der Waals surface area contributed by atoms with E-state index in [1.807, 2.05) is 48.0 Å². The topological polar surface area (TPSA) is 119 Å². The Morgan fingerprint density at radius 2 is 1.89 bits per heavy atom. The number of aromatic carboxylic acids is 1. The summed E-state index contributed by atoms with van der Waals surface area (Å²) in [5.74, 6) is -0.812. The van der Waals surface area contributed by atoms with Crippen molar-refractivity contribution in [3.05, 3.63) is 117 Å². The van der Waals surface area contributed by atoms with Gasteiger partial charge in [0.05, 0.1) is 30.5 Å². The number of carbonyl (C=O) groups excluding carboxylic acids is 1. The molecule has 0 atom stereocenters. The second-order valence-electron chi connectivity index (χ2n) is 10.9. The van der Waals surface area contributed by atoms with Crippen LogP contribution in [0, 0.1) is 6.92 Å². The standard InChI is InChI=1S/C35H31Cl2N5O5/c1-22-18-30(41-14-16-46-17-15-41)25-5-2-6-31(34(25)40-22)47-21-26-27(36)9-11-29(33(26)37)42-13-3-4-24(42)20-39-32(43)12-8-23-7-10-28(35(44)45)38-19-23/h2-13,18-19H,14-17,20-21H2,1H3,(H,39,43)(H,44,45). The van der Waals surface area contributed by atoms with E-state index in [1.54, 1.807) is 18.2 Å². The molecule has 10 nitrogen and oxygen atoms in total. The molecule has 6 rings (SSSR count). The van der Waals surface area contributed by atoms with Crippen molar-refractivity contribution in [2.75, 3.05) is 31.2 Å². The van der Waals surface area contributed by atoms with E-state index in [2.05, 4.69) is 27.3 Å². The molecule has 12 heteroatoms. The van der Waals surface area contributed by atoms with Crippen LogP contribution in [0.25, 0.3) is 22.7 Å². The number of nitrogens with zero attached hydrogens (tertiary/aromatic N) is 4. The quantitative estimate of drug-likeness (QED) is 0.162. The van der Waals surface area contributed by atoms with Crippen LogP contribution in [0.3, 0.4) is 0 Å². The molecule has 0 spiro atoms. The Morgan fingerprint density at radius 1 is 1.06 bits per heavy atom. The smallest absolute Gasteiger partial charge is 0.354 e. The first kappa shape index (κ1) is 32.1. The molecule has 0 aliphatic carbocycles. The number of halogens is 2. The molecule has 1 fully saturated rings. The summed E-state index contributed by atoms with van der Waals surface area (Å²) in [5, 5.41) is 13.8. The Morgan fingerprint density at radius 3 is 2.66 bits per heavy atom. The van der Waals surface area contributed by atoms with Crippen LogP contribution in [0.1, 0.15) is 33.0 Å². The van der Waals surface area contributed by atoms with Crippen molar-refractivity contribution in [2.24, 2.45) is 0 Å².